The van der Waals surface area contributed by atoms with Crippen LogP contribution in [0.3, 0.4) is 0 Å². The number of nitrogens with one attached hydrogen (secondary N) is 1. The van der Waals surface area contributed by atoms with Gasteiger partial charge in [-0.3, -0.25) is 14.5 Å². The van der Waals surface area contributed by atoms with Crippen molar-refractivity contribution in [1.82, 2.24) is 10.2 Å². The fourth-order valence-corrected chi connectivity index (χ4v) is 4.79. The zero-order chi connectivity index (χ0) is 30.7. The lowest BCUT2D eigenvalue weighted by molar-refractivity contribution is -0.123. The minimum atomic E-state index is -0.250. The van der Waals surface area contributed by atoms with Crippen LogP contribution in [0.15, 0.2) is 97.1 Å². The maximum atomic E-state index is 11.8. The summed E-state index contributed by atoms with van der Waals surface area (Å²) in [6.45, 7) is 7.32. The zero-order valence-electron chi connectivity index (χ0n) is 24.9. The van der Waals surface area contributed by atoms with Gasteiger partial charge < -0.3 is 25.6 Å². The van der Waals surface area contributed by atoms with E-state index < -0.39 is 0 Å². The minimum Gasteiger partial charge on any atom is -0.493 e. The summed E-state index contributed by atoms with van der Waals surface area (Å²) < 4.78 is 11.2. The molecule has 1 fully saturated rings. The number of nitrogens with zero attached hydrogens (tertiary/aromatic N) is 1. The summed E-state index contributed by atoms with van der Waals surface area (Å²) in [7, 11) is 0. The first-order chi connectivity index (χ1) is 21.0. The lowest BCUT2D eigenvalue weighted by Gasteiger charge is -2.29. The van der Waals surface area contributed by atoms with E-state index in [1.807, 2.05) is 36.4 Å². The second kappa shape index (κ2) is 19.0. The molecule has 2 aliphatic heterocycles. The van der Waals surface area contributed by atoms with Gasteiger partial charge in [0.25, 0.3) is 6.47 Å². The molecule has 2 aliphatic rings. The van der Waals surface area contributed by atoms with E-state index in [0.717, 1.165) is 50.6 Å². The molecule has 228 valence electrons. The lowest BCUT2D eigenvalue weighted by atomic mass is 9.98. The van der Waals surface area contributed by atoms with Gasteiger partial charge >= 0.3 is 0 Å². The van der Waals surface area contributed by atoms with E-state index in [1.165, 1.54) is 21.9 Å². The van der Waals surface area contributed by atoms with Crippen LogP contribution in [0.2, 0.25) is 0 Å². The predicted octanol–water partition coefficient (Wildman–Crippen LogP) is 5.34. The first-order valence-electron chi connectivity index (χ1n) is 14.6. The SMILES string of the molecule is Cc1ccc2ccccc2c1.NCCC(=O)NC1CCOc2cc(CN3CCOCC3)ccc21.O=CO.c1ccccc1. The molecule has 0 aromatic heterocycles. The van der Waals surface area contributed by atoms with Crippen molar-refractivity contribution >= 4 is 23.2 Å². The quantitative estimate of drug-likeness (QED) is 0.271. The second-order valence-electron chi connectivity index (χ2n) is 10.2. The molecule has 1 amide bonds. The molecule has 8 nitrogen and oxygen atoms in total. The number of carbonyl (C=O) groups excluding carboxylic acids is 1. The van der Waals surface area contributed by atoms with Gasteiger partial charge in [0.2, 0.25) is 5.91 Å². The van der Waals surface area contributed by atoms with Crippen LogP contribution in [0.4, 0.5) is 0 Å². The van der Waals surface area contributed by atoms with Crippen molar-refractivity contribution in [2.45, 2.75) is 32.4 Å². The highest BCUT2D eigenvalue weighted by molar-refractivity contribution is 5.82. The maximum absolute atomic E-state index is 11.8. The van der Waals surface area contributed by atoms with Crippen LogP contribution in [0, 0.1) is 6.92 Å². The molecule has 0 aliphatic carbocycles. The monoisotopic (exact) mass is 585 g/mol. The Hall–Kier alpha value is -4.24. The molecular formula is C35H43N3O5. The normalized spacial score (nSPS) is 15.4. The lowest BCUT2D eigenvalue weighted by Crippen LogP contribution is -2.35. The number of fused-ring (bicyclic) bond motifs is 2. The Bertz CT molecular complexity index is 1350. The number of morpholine rings is 1. The summed E-state index contributed by atoms with van der Waals surface area (Å²) in [6, 6.07) is 33.3. The molecule has 0 spiro atoms. The Morgan fingerprint density at radius 2 is 1.58 bits per heavy atom. The summed E-state index contributed by atoms with van der Waals surface area (Å²) in [6.07, 6.45) is 1.16. The van der Waals surface area contributed by atoms with Crippen molar-refractivity contribution in [2.75, 3.05) is 39.5 Å². The van der Waals surface area contributed by atoms with E-state index in [1.54, 1.807) is 0 Å². The minimum absolute atomic E-state index is 0.00254. The largest absolute Gasteiger partial charge is 0.493 e. The van der Waals surface area contributed by atoms with Crippen molar-refractivity contribution in [3.8, 4) is 5.75 Å². The van der Waals surface area contributed by atoms with Crippen molar-refractivity contribution in [3.05, 3.63) is 114 Å². The van der Waals surface area contributed by atoms with E-state index >= 15 is 0 Å². The van der Waals surface area contributed by atoms with E-state index in [9.17, 15) is 4.79 Å². The Morgan fingerprint density at radius 3 is 2.23 bits per heavy atom. The number of hydrogen-bond donors (Lipinski definition) is 3. The first-order valence-corrected chi connectivity index (χ1v) is 14.6. The highest BCUT2D eigenvalue weighted by Crippen LogP contribution is 2.33. The topological polar surface area (TPSA) is 114 Å². The van der Waals surface area contributed by atoms with E-state index in [2.05, 4.69) is 77.8 Å². The fourth-order valence-electron chi connectivity index (χ4n) is 4.79. The molecule has 0 radical (unpaired) electrons. The van der Waals surface area contributed by atoms with Crippen LogP contribution >= 0.6 is 0 Å². The van der Waals surface area contributed by atoms with Gasteiger partial charge in [0.05, 0.1) is 25.9 Å². The van der Waals surface area contributed by atoms with Crippen LogP contribution in [-0.4, -0.2) is 61.8 Å². The maximum Gasteiger partial charge on any atom is 0.290 e. The molecule has 6 rings (SSSR count). The number of aryl methyl sites for hydroxylation is 1. The van der Waals surface area contributed by atoms with Gasteiger partial charge in [-0.1, -0.05) is 96.6 Å². The van der Waals surface area contributed by atoms with Crippen LogP contribution < -0.4 is 15.8 Å². The number of carboxylic acid groups (broad SMARTS) is 1. The van der Waals surface area contributed by atoms with E-state index in [0.29, 0.717) is 19.6 Å². The second-order valence-corrected chi connectivity index (χ2v) is 10.2. The number of amides is 1. The molecule has 2 heterocycles. The van der Waals surface area contributed by atoms with Crippen molar-refractivity contribution < 1.29 is 24.2 Å². The smallest absolute Gasteiger partial charge is 0.290 e. The van der Waals surface area contributed by atoms with E-state index in [-0.39, 0.29) is 18.4 Å². The summed E-state index contributed by atoms with van der Waals surface area (Å²) in [5.74, 6) is 0.891. The van der Waals surface area contributed by atoms with Crippen LogP contribution in [0.25, 0.3) is 10.8 Å². The molecule has 4 aromatic rings. The first kappa shape index (κ1) is 33.3. The number of nitrogens with two attached hydrogens (primary N) is 1. The molecule has 8 heteroatoms. The number of benzene rings is 4. The van der Waals surface area contributed by atoms with Gasteiger partial charge in [0.15, 0.2) is 0 Å². The van der Waals surface area contributed by atoms with Crippen molar-refractivity contribution in [1.29, 1.82) is 0 Å². The Kier molecular flexibility index (Phi) is 14.7. The van der Waals surface area contributed by atoms with Gasteiger partial charge in [-0.2, -0.15) is 0 Å². The third-order valence-corrected chi connectivity index (χ3v) is 6.91. The summed E-state index contributed by atoms with van der Waals surface area (Å²) in [4.78, 5) is 22.5. The van der Waals surface area contributed by atoms with Crippen molar-refractivity contribution in [2.24, 2.45) is 5.73 Å². The van der Waals surface area contributed by atoms with Crippen LogP contribution in [-0.2, 0) is 20.9 Å². The van der Waals surface area contributed by atoms with Crippen LogP contribution in [0.5, 0.6) is 5.75 Å². The molecule has 0 bridgehead atoms. The Morgan fingerprint density at radius 1 is 0.930 bits per heavy atom. The molecule has 4 N–H and O–H groups in total. The van der Waals surface area contributed by atoms with Gasteiger partial charge in [-0.15, -0.1) is 0 Å². The van der Waals surface area contributed by atoms with Crippen LogP contribution in [0.1, 0.15) is 35.6 Å². The summed E-state index contributed by atoms with van der Waals surface area (Å²) in [5.41, 5.74) is 9.06. The number of ether oxygens (including phenoxy) is 2. The average molecular weight is 586 g/mol. The van der Waals surface area contributed by atoms with Gasteiger partial charge in [-0.25, -0.2) is 0 Å². The molecule has 1 atom stereocenters. The molecule has 43 heavy (non-hydrogen) atoms. The van der Waals surface area contributed by atoms with Gasteiger partial charge in [0.1, 0.15) is 5.75 Å². The third-order valence-electron chi connectivity index (χ3n) is 6.91. The van der Waals surface area contributed by atoms with Crippen molar-refractivity contribution in [3.63, 3.8) is 0 Å². The number of hydrogen-bond acceptors (Lipinski definition) is 6. The van der Waals surface area contributed by atoms with Gasteiger partial charge in [-0.05, 0) is 29.3 Å². The molecular weight excluding hydrogens is 542 g/mol. The highest BCUT2D eigenvalue weighted by Gasteiger charge is 2.23. The molecule has 4 aromatic carbocycles. The number of carbonyl (C=O) groups is 2. The average Bonchev–Trinajstić information content (AvgIpc) is 3.03. The highest BCUT2D eigenvalue weighted by atomic mass is 16.5. The fraction of sp³-hybridized carbons (Fsp3) is 0.314. The molecule has 1 saturated heterocycles. The third kappa shape index (κ3) is 11.9. The van der Waals surface area contributed by atoms with Gasteiger partial charge in [0, 0.05) is 44.6 Å². The molecule has 1 unspecified atom stereocenters. The Balaban J connectivity index is 0.000000207. The van der Waals surface area contributed by atoms with E-state index in [4.69, 9.17) is 25.1 Å². The standard InChI is InChI=1S/C17H25N3O3.C11H10.C6H6.CH2O2/c18-5-3-17(21)19-15-4-8-23-16-11-13(1-2-14(15)16)12-20-6-9-22-10-7-20;1-9-6-7-10-4-2-3-5-11(10)8-9;1-2-4-6-5-3-1;2-1-3/h1-2,11,15H,3-10,12,18H2,(H,19,21);2-8H,1H3;1-6H;1H,(H,2,3). The molecule has 0 saturated carbocycles. The zero-order valence-corrected chi connectivity index (χ0v) is 24.9. The predicted molar refractivity (Wildman–Crippen MR) is 171 cm³/mol. The number of rotatable bonds is 5. The summed E-state index contributed by atoms with van der Waals surface area (Å²) in [5, 5.41) is 12.6. The Labute approximate surface area is 254 Å². The summed E-state index contributed by atoms with van der Waals surface area (Å²) >= 11 is 0.